The highest BCUT2D eigenvalue weighted by Crippen LogP contribution is 2.43. The molecule has 0 spiro atoms. The molecule has 174 valence electrons. The number of aliphatic hydroxyl groups is 1. The largest absolute Gasteiger partial charge is 0.479 e. The Balaban J connectivity index is 1.99. The predicted octanol–water partition coefficient (Wildman–Crippen LogP) is 1.98. The highest BCUT2D eigenvalue weighted by atomic mass is 16.7. The number of guanidine groups is 1. The number of hydrogen-bond donors (Lipinski definition) is 3. The second kappa shape index (κ2) is 10.3. The second-order valence-electron chi connectivity index (χ2n) is 7.53. The third-order valence-electron chi connectivity index (χ3n) is 5.43. The summed E-state index contributed by atoms with van der Waals surface area (Å²) in [6.45, 7) is 1.96. The van der Waals surface area contributed by atoms with E-state index in [0.717, 1.165) is 5.56 Å². The zero-order valence-electron chi connectivity index (χ0n) is 18.4. The maximum atomic E-state index is 11.3. The molecular weight excluding hydrogens is 430 g/mol. The molecule has 3 atom stereocenters. The number of non-ortho nitro benzene ring substituents is 1. The first-order chi connectivity index (χ1) is 15.8. The van der Waals surface area contributed by atoms with E-state index in [1.807, 2.05) is 30.3 Å². The maximum absolute atomic E-state index is 11.3. The quantitative estimate of drug-likeness (QED) is 0.142. The number of nitro benzene ring substituents is 1. The summed E-state index contributed by atoms with van der Waals surface area (Å²) in [7, 11) is 2.82. The van der Waals surface area contributed by atoms with Crippen LogP contribution in [0.1, 0.15) is 24.1 Å². The number of methoxy groups -OCH3 is 2. The van der Waals surface area contributed by atoms with Crippen molar-refractivity contribution in [1.29, 1.82) is 5.26 Å². The van der Waals surface area contributed by atoms with Gasteiger partial charge in [-0.1, -0.05) is 30.3 Å². The molecule has 33 heavy (non-hydrogen) atoms. The van der Waals surface area contributed by atoms with E-state index in [-0.39, 0.29) is 11.6 Å². The van der Waals surface area contributed by atoms with Crippen molar-refractivity contribution in [1.82, 2.24) is 10.6 Å². The molecule has 3 rings (SSSR count). The van der Waals surface area contributed by atoms with Gasteiger partial charge in [0.2, 0.25) is 12.2 Å². The molecule has 0 saturated heterocycles. The molecule has 11 nitrogen and oxygen atoms in total. The Morgan fingerprint density at radius 2 is 2.03 bits per heavy atom. The number of nitrogens with one attached hydrogen (secondary N) is 2. The topological polar surface area (TPSA) is 151 Å². The highest BCUT2D eigenvalue weighted by molar-refractivity contribution is 5.81. The first kappa shape index (κ1) is 23.9. The molecule has 2 aromatic rings. The predicted molar refractivity (Wildman–Crippen MR) is 118 cm³/mol. The van der Waals surface area contributed by atoms with Gasteiger partial charge in [0.25, 0.3) is 5.69 Å². The Morgan fingerprint density at radius 1 is 1.33 bits per heavy atom. The van der Waals surface area contributed by atoms with Gasteiger partial charge in [0.15, 0.2) is 11.9 Å². The van der Waals surface area contributed by atoms with Crippen LogP contribution in [0.3, 0.4) is 0 Å². The lowest BCUT2D eigenvalue weighted by Gasteiger charge is -2.46. The Labute approximate surface area is 190 Å². The van der Waals surface area contributed by atoms with E-state index in [9.17, 15) is 20.5 Å². The minimum atomic E-state index is -1.39. The van der Waals surface area contributed by atoms with E-state index in [1.54, 1.807) is 13.1 Å². The van der Waals surface area contributed by atoms with Gasteiger partial charge in [-0.15, -0.1) is 4.99 Å². The molecule has 0 aromatic heterocycles. The lowest BCUT2D eigenvalue weighted by molar-refractivity contribution is -0.385. The van der Waals surface area contributed by atoms with Crippen LogP contribution in [0, 0.1) is 21.6 Å². The number of fused-ring (bicyclic) bond motifs is 1. The molecule has 11 heteroatoms. The number of ether oxygens (including phenoxy) is 3. The molecular formula is C22H25N5O6. The molecule has 1 heterocycles. The molecule has 0 saturated carbocycles. The summed E-state index contributed by atoms with van der Waals surface area (Å²) in [5.41, 5.74) is -0.294. The summed E-state index contributed by atoms with van der Waals surface area (Å²) >= 11 is 0. The normalized spacial score (nSPS) is 22.1. The fraction of sp³-hybridized carbons (Fsp3) is 0.364. The fourth-order valence-corrected chi connectivity index (χ4v) is 3.79. The van der Waals surface area contributed by atoms with Gasteiger partial charge in [0.1, 0.15) is 11.9 Å². The van der Waals surface area contributed by atoms with E-state index in [2.05, 4.69) is 15.6 Å². The van der Waals surface area contributed by atoms with Gasteiger partial charge in [-0.25, -0.2) is 0 Å². The molecule has 0 amide bonds. The highest BCUT2D eigenvalue weighted by Gasteiger charge is 2.52. The first-order valence-electron chi connectivity index (χ1n) is 10.1. The summed E-state index contributed by atoms with van der Waals surface area (Å²) in [4.78, 5) is 14.6. The van der Waals surface area contributed by atoms with E-state index in [0.29, 0.717) is 17.9 Å². The molecule has 3 N–H and O–H groups in total. The van der Waals surface area contributed by atoms with Gasteiger partial charge in [0, 0.05) is 38.5 Å². The number of nitriles is 1. The van der Waals surface area contributed by atoms with Crippen LogP contribution in [0.25, 0.3) is 0 Å². The SMILES string of the molecule is COC(OC)[C@]1(C)Oc2ccc([N+](=O)[O-])cc2[C@H](NC(=NC#N)NCc2ccccc2)[C@H]1O. The molecule has 0 unspecified atom stereocenters. The molecule has 0 radical (unpaired) electrons. The Hall–Kier alpha value is -3.72. The van der Waals surface area contributed by atoms with Crippen LogP contribution in [0.4, 0.5) is 5.69 Å². The number of nitro groups is 1. The third-order valence-corrected chi connectivity index (χ3v) is 5.43. The number of rotatable bonds is 7. The lowest BCUT2D eigenvalue weighted by Crippen LogP contribution is -2.62. The van der Waals surface area contributed by atoms with Crippen LogP contribution in [0.5, 0.6) is 5.75 Å². The van der Waals surface area contributed by atoms with Crippen molar-refractivity contribution in [2.24, 2.45) is 4.99 Å². The Bertz CT molecular complexity index is 1050. The van der Waals surface area contributed by atoms with Gasteiger partial charge in [-0.05, 0) is 18.6 Å². The van der Waals surface area contributed by atoms with E-state index in [4.69, 9.17) is 14.2 Å². The van der Waals surface area contributed by atoms with E-state index >= 15 is 0 Å². The zero-order valence-corrected chi connectivity index (χ0v) is 18.4. The van der Waals surface area contributed by atoms with E-state index < -0.39 is 29.0 Å². The minimum absolute atomic E-state index is 0.0819. The van der Waals surface area contributed by atoms with Crippen LogP contribution in [0.15, 0.2) is 53.5 Å². The summed E-state index contributed by atoms with van der Waals surface area (Å²) in [6.07, 6.45) is -0.550. The molecule has 1 aliphatic heterocycles. The zero-order chi connectivity index (χ0) is 24.0. The number of hydrogen-bond acceptors (Lipinski definition) is 8. The monoisotopic (exact) mass is 455 g/mol. The number of aliphatic imine (C=N–C) groups is 1. The molecule has 0 aliphatic carbocycles. The standard InChI is InChI=1S/C22H25N5O6/c1-22(20(31-2)32-3)19(28)18(16-11-15(27(29)30)9-10-17(16)33-22)26-21(25-13-23)24-12-14-7-5-4-6-8-14/h4-11,18-20,28H,12H2,1-3H3,(H2,24,25,26)/t18-,19+,22+/m0/s1. The van der Waals surface area contributed by atoms with Crippen LogP contribution in [-0.2, 0) is 16.0 Å². The van der Waals surface area contributed by atoms with Crippen molar-refractivity contribution in [3.63, 3.8) is 0 Å². The molecule has 0 fully saturated rings. The maximum Gasteiger partial charge on any atom is 0.270 e. The van der Waals surface area contributed by atoms with Crippen LogP contribution in [0.2, 0.25) is 0 Å². The minimum Gasteiger partial charge on any atom is -0.479 e. The first-order valence-corrected chi connectivity index (χ1v) is 10.1. The van der Waals surface area contributed by atoms with Crippen molar-refractivity contribution in [3.05, 3.63) is 69.8 Å². The second-order valence-corrected chi connectivity index (χ2v) is 7.53. The summed E-state index contributed by atoms with van der Waals surface area (Å²) in [6, 6.07) is 12.6. The smallest absolute Gasteiger partial charge is 0.270 e. The van der Waals surface area contributed by atoms with Crippen molar-refractivity contribution in [3.8, 4) is 11.9 Å². The average Bonchev–Trinajstić information content (AvgIpc) is 2.81. The van der Waals surface area contributed by atoms with Crippen LogP contribution < -0.4 is 15.4 Å². The van der Waals surface area contributed by atoms with Crippen molar-refractivity contribution < 1.29 is 24.2 Å². The van der Waals surface area contributed by atoms with Crippen LogP contribution >= 0.6 is 0 Å². The summed E-state index contributed by atoms with van der Waals surface area (Å²) in [5.74, 6) is 0.378. The summed E-state index contributed by atoms with van der Waals surface area (Å²) < 4.78 is 16.7. The van der Waals surface area contributed by atoms with Gasteiger partial charge in [0.05, 0.1) is 11.0 Å². The Kier molecular flexibility index (Phi) is 7.44. The number of nitrogens with zero attached hydrogens (tertiary/aromatic N) is 3. The van der Waals surface area contributed by atoms with Gasteiger partial charge in [-0.2, -0.15) is 5.26 Å². The van der Waals surface area contributed by atoms with Crippen molar-refractivity contribution in [2.45, 2.75) is 37.5 Å². The molecule has 2 aromatic carbocycles. The molecule has 1 aliphatic rings. The summed E-state index contributed by atoms with van der Waals surface area (Å²) in [5, 5.41) is 37.9. The van der Waals surface area contributed by atoms with Gasteiger partial charge >= 0.3 is 0 Å². The van der Waals surface area contributed by atoms with Crippen LogP contribution in [-0.4, -0.2) is 48.2 Å². The number of benzene rings is 2. The van der Waals surface area contributed by atoms with Crippen molar-refractivity contribution >= 4 is 11.6 Å². The fourth-order valence-electron chi connectivity index (χ4n) is 3.79. The van der Waals surface area contributed by atoms with Gasteiger partial charge < -0.3 is 30.0 Å². The van der Waals surface area contributed by atoms with Gasteiger partial charge in [-0.3, -0.25) is 10.1 Å². The number of aliphatic hydroxyl groups excluding tert-OH is 1. The van der Waals surface area contributed by atoms with Crippen molar-refractivity contribution in [2.75, 3.05) is 14.2 Å². The average molecular weight is 455 g/mol. The van der Waals surface area contributed by atoms with E-state index in [1.165, 1.54) is 32.4 Å². The third kappa shape index (κ3) is 5.04. The molecule has 0 bridgehead atoms. The Morgan fingerprint density at radius 3 is 2.64 bits per heavy atom. The lowest BCUT2D eigenvalue weighted by atomic mass is 9.84.